The van der Waals surface area contributed by atoms with Gasteiger partial charge in [0.25, 0.3) is 5.91 Å². The molecule has 3 aromatic rings. The largest absolute Gasteiger partial charge is 0.410 e. The van der Waals surface area contributed by atoms with Crippen molar-refractivity contribution < 1.29 is 18.0 Å². The van der Waals surface area contributed by atoms with Gasteiger partial charge < -0.3 is 10.6 Å². The lowest BCUT2D eigenvalue weighted by Crippen LogP contribution is -2.35. The number of carbonyl (C=O) groups excluding carboxylic acids is 1. The van der Waals surface area contributed by atoms with Crippen LogP contribution in [-0.4, -0.2) is 21.9 Å². The quantitative estimate of drug-likeness (QED) is 0.604. The van der Waals surface area contributed by atoms with Gasteiger partial charge in [-0.3, -0.25) is 4.79 Å². The summed E-state index contributed by atoms with van der Waals surface area (Å²) < 4.78 is 42.2. The van der Waals surface area contributed by atoms with Gasteiger partial charge in [-0.25, -0.2) is 4.68 Å². The van der Waals surface area contributed by atoms with Crippen molar-refractivity contribution in [1.82, 2.24) is 9.78 Å². The first-order valence-electron chi connectivity index (χ1n) is 9.74. The van der Waals surface area contributed by atoms with Gasteiger partial charge in [-0.05, 0) is 23.6 Å². The monoisotopic (exact) mass is 414 g/mol. The maximum atomic E-state index is 13.8. The van der Waals surface area contributed by atoms with Crippen molar-refractivity contribution in [3.05, 3.63) is 77.5 Å². The van der Waals surface area contributed by atoms with Crippen molar-refractivity contribution in [1.29, 1.82) is 0 Å². The fourth-order valence-electron chi connectivity index (χ4n) is 3.73. The number of rotatable bonds is 4. The van der Waals surface area contributed by atoms with Gasteiger partial charge in [-0.15, -0.1) is 0 Å². The Bertz CT molecular complexity index is 1050. The summed E-state index contributed by atoms with van der Waals surface area (Å²) in [7, 11) is 0. The third-order valence-electron chi connectivity index (χ3n) is 5.27. The van der Waals surface area contributed by atoms with Crippen LogP contribution in [0.25, 0.3) is 0 Å². The number of nitrogens with zero attached hydrogens (tertiary/aromatic N) is 2. The van der Waals surface area contributed by atoms with Crippen molar-refractivity contribution >= 4 is 17.4 Å². The van der Waals surface area contributed by atoms with E-state index in [1.165, 1.54) is 6.07 Å². The van der Waals surface area contributed by atoms with Crippen LogP contribution in [-0.2, 0) is 6.42 Å². The van der Waals surface area contributed by atoms with Gasteiger partial charge in [0.2, 0.25) is 0 Å². The molecule has 2 aromatic carbocycles. The second-order valence-electron chi connectivity index (χ2n) is 7.22. The Morgan fingerprint density at radius 2 is 1.87 bits per heavy atom. The van der Waals surface area contributed by atoms with Crippen LogP contribution in [0, 0.1) is 0 Å². The van der Waals surface area contributed by atoms with E-state index >= 15 is 0 Å². The van der Waals surface area contributed by atoms with Gasteiger partial charge in [0.1, 0.15) is 5.82 Å². The van der Waals surface area contributed by atoms with Crippen LogP contribution in [0.1, 0.15) is 47.0 Å². The van der Waals surface area contributed by atoms with Gasteiger partial charge >= 0.3 is 6.18 Å². The molecule has 0 spiro atoms. The molecule has 5 nitrogen and oxygen atoms in total. The maximum Gasteiger partial charge on any atom is 0.410 e. The highest BCUT2D eigenvalue weighted by Crippen LogP contribution is 2.43. The number of carbonyl (C=O) groups is 1. The Balaban J connectivity index is 1.65. The molecule has 0 radical (unpaired) electrons. The zero-order valence-corrected chi connectivity index (χ0v) is 16.3. The highest BCUT2D eigenvalue weighted by Gasteiger charge is 2.46. The first-order valence-corrected chi connectivity index (χ1v) is 9.74. The minimum atomic E-state index is -4.49. The molecular weight excluding hydrogens is 393 g/mol. The first-order chi connectivity index (χ1) is 14.4. The van der Waals surface area contributed by atoms with Crippen molar-refractivity contribution in [2.45, 2.75) is 38.0 Å². The molecule has 0 bridgehead atoms. The third kappa shape index (κ3) is 3.90. The molecule has 30 heavy (non-hydrogen) atoms. The van der Waals surface area contributed by atoms with Gasteiger partial charge in [-0.2, -0.15) is 18.3 Å². The number of hydrogen-bond donors (Lipinski definition) is 2. The third-order valence-corrected chi connectivity index (χ3v) is 5.27. The van der Waals surface area contributed by atoms with Crippen molar-refractivity contribution in [3.63, 3.8) is 0 Å². The summed E-state index contributed by atoms with van der Waals surface area (Å²) in [5.74, 6) is -0.372. The number of nitrogens with one attached hydrogen (secondary N) is 2. The molecule has 0 unspecified atom stereocenters. The van der Waals surface area contributed by atoms with Gasteiger partial charge in [-0.1, -0.05) is 55.5 Å². The fourth-order valence-corrected chi connectivity index (χ4v) is 3.73. The van der Waals surface area contributed by atoms with E-state index in [-0.39, 0.29) is 17.9 Å². The van der Waals surface area contributed by atoms with Gasteiger partial charge in [0.05, 0.1) is 6.04 Å². The van der Waals surface area contributed by atoms with Crippen molar-refractivity contribution in [2.75, 3.05) is 10.6 Å². The number of amides is 1. The summed E-state index contributed by atoms with van der Waals surface area (Å²) in [5, 5.41) is 9.86. The van der Waals surface area contributed by atoms with Crippen LogP contribution in [0.3, 0.4) is 0 Å². The lowest BCUT2D eigenvalue weighted by Gasteiger charge is -2.33. The number of alkyl halides is 3. The molecule has 1 aliphatic rings. The topological polar surface area (TPSA) is 59.0 Å². The molecule has 2 N–H and O–H groups in total. The van der Waals surface area contributed by atoms with Crippen LogP contribution in [0.2, 0.25) is 0 Å². The molecule has 0 aliphatic carbocycles. The predicted molar refractivity (Wildman–Crippen MR) is 109 cm³/mol. The number of benzene rings is 2. The lowest BCUT2D eigenvalue weighted by atomic mass is 9.97. The summed E-state index contributed by atoms with van der Waals surface area (Å²) >= 11 is 0. The molecule has 0 saturated heterocycles. The Kier molecular flexibility index (Phi) is 5.24. The Morgan fingerprint density at radius 3 is 2.57 bits per heavy atom. The summed E-state index contributed by atoms with van der Waals surface area (Å²) in [6.07, 6.45) is -3.98. The van der Waals surface area contributed by atoms with E-state index in [2.05, 4.69) is 15.7 Å². The Morgan fingerprint density at radius 1 is 1.17 bits per heavy atom. The molecule has 0 saturated carbocycles. The van der Waals surface area contributed by atoms with Crippen molar-refractivity contribution in [2.24, 2.45) is 0 Å². The number of aryl methyl sites for hydroxylation is 1. The van der Waals surface area contributed by atoms with Gasteiger partial charge in [0.15, 0.2) is 11.7 Å². The standard InChI is InChI=1S/C22H21F3N4O/c1-2-14-8-6-7-11-16(14)27-21(30)18-13-20-26-17(15-9-4-3-5-10-15)12-19(22(23,24)25)29(20)28-18/h3-11,13,17,19,26H,2,12H2,1H3,(H,27,30)/t17-,19-/m1/s1. The maximum absolute atomic E-state index is 13.8. The number of hydrogen-bond acceptors (Lipinski definition) is 3. The average Bonchev–Trinajstić information content (AvgIpc) is 3.17. The molecule has 156 valence electrons. The molecule has 4 rings (SSSR count). The fraction of sp³-hybridized carbons (Fsp3) is 0.273. The van der Waals surface area contributed by atoms with E-state index in [4.69, 9.17) is 0 Å². The molecular formula is C22H21F3N4O. The average molecular weight is 414 g/mol. The second-order valence-corrected chi connectivity index (χ2v) is 7.22. The number of halogens is 3. The van der Waals surface area contributed by atoms with Crippen LogP contribution in [0.15, 0.2) is 60.7 Å². The summed E-state index contributed by atoms with van der Waals surface area (Å²) in [6.45, 7) is 1.96. The van der Waals surface area contributed by atoms with Crippen LogP contribution in [0.4, 0.5) is 24.7 Å². The minimum Gasteiger partial charge on any atom is -0.363 e. The number of aromatic nitrogens is 2. The van der Waals surface area contributed by atoms with E-state index in [9.17, 15) is 18.0 Å². The molecule has 2 heterocycles. The van der Waals surface area contributed by atoms with Crippen LogP contribution >= 0.6 is 0 Å². The van der Waals surface area contributed by atoms with E-state index in [1.807, 2.05) is 25.1 Å². The van der Waals surface area contributed by atoms with Crippen LogP contribution in [0.5, 0.6) is 0 Å². The van der Waals surface area contributed by atoms with E-state index in [0.717, 1.165) is 15.8 Å². The zero-order chi connectivity index (χ0) is 21.3. The van der Waals surface area contributed by atoms with Crippen LogP contribution < -0.4 is 10.6 Å². The highest BCUT2D eigenvalue weighted by molar-refractivity contribution is 6.03. The number of para-hydroxylation sites is 1. The zero-order valence-electron chi connectivity index (χ0n) is 16.3. The smallest absolute Gasteiger partial charge is 0.363 e. The Labute approximate surface area is 171 Å². The molecule has 8 heteroatoms. The Hall–Kier alpha value is -3.29. The first kappa shape index (κ1) is 20.0. The lowest BCUT2D eigenvalue weighted by molar-refractivity contribution is -0.173. The van der Waals surface area contributed by atoms with Gasteiger partial charge in [0, 0.05) is 18.2 Å². The van der Waals surface area contributed by atoms with E-state index in [0.29, 0.717) is 12.1 Å². The van der Waals surface area contributed by atoms with Crippen molar-refractivity contribution in [3.8, 4) is 0 Å². The predicted octanol–water partition coefficient (Wildman–Crippen LogP) is 5.36. The molecule has 1 aromatic heterocycles. The number of anilines is 2. The van der Waals surface area contributed by atoms with E-state index < -0.39 is 24.2 Å². The second kappa shape index (κ2) is 7.85. The SMILES string of the molecule is CCc1ccccc1NC(=O)c1cc2n(n1)[C@@H](C(F)(F)F)C[C@H](c1ccccc1)N2. The normalized spacial score (nSPS) is 18.4. The molecule has 2 atom stereocenters. The summed E-state index contributed by atoms with van der Waals surface area (Å²) in [4.78, 5) is 12.7. The highest BCUT2D eigenvalue weighted by atomic mass is 19.4. The summed E-state index contributed by atoms with van der Waals surface area (Å²) in [5.41, 5.74) is 2.25. The minimum absolute atomic E-state index is 0.0635. The molecule has 1 aliphatic heterocycles. The molecule has 1 amide bonds. The summed E-state index contributed by atoms with van der Waals surface area (Å²) in [6, 6.07) is 15.3. The molecule has 0 fully saturated rings. The van der Waals surface area contributed by atoms with E-state index in [1.54, 1.807) is 36.4 Å². The number of fused-ring (bicyclic) bond motifs is 1.